The van der Waals surface area contributed by atoms with Gasteiger partial charge >= 0.3 is 0 Å². The fourth-order valence-corrected chi connectivity index (χ4v) is 7.78. The molecule has 0 radical (unpaired) electrons. The molecular weight excluding hydrogens is 570 g/mol. The van der Waals surface area contributed by atoms with Crippen LogP contribution in [0.3, 0.4) is 0 Å². The van der Waals surface area contributed by atoms with E-state index in [0.717, 1.165) is 17.7 Å². The molecule has 4 atom stereocenters. The van der Waals surface area contributed by atoms with Gasteiger partial charge in [0.2, 0.25) is 23.6 Å². The summed E-state index contributed by atoms with van der Waals surface area (Å²) in [6.07, 6.45) is 1.33. The molecule has 4 aliphatic rings. The van der Waals surface area contributed by atoms with Crippen molar-refractivity contribution in [3.8, 4) is 0 Å². The molecule has 0 aliphatic carbocycles. The second-order valence-corrected chi connectivity index (χ2v) is 12.8. The SMILES string of the molecule is CC(=O)Nc1ccc(N2C(=O)[C@@H]3[C@H](CC(C)C)N[C@]4(C(=O)N(CC(=O)N5CCc6ccccc65)c5ccccc54)[C@H]3C2=O)cc1. The highest BCUT2D eigenvalue weighted by atomic mass is 16.2. The van der Waals surface area contributed by atoms with E-state index in [0.29, 0.717) is 35.6 Å². The largest absolute Gasteiger partial charge is 0.326 e. The Labute approximate surface area is 261 Å². The number of fused-ring (bicyclic) bond motifs is 5. The van der Waals surface area contributed by atoms with E-state index in [-0.39, 0.29) is 30.2 Å². The number of nitrogens with one attached hydrogen (secondary N) is 2. The number of rotatable bonds is 6. The lowest BCUT2D eigenvalue weighted by atomic mass is 9.76. The van der Waals surface area contributed by atoms with Gasteiger partial charge < -0.3 is 15.1 Å². The van der Waals surface area contributed by atoms with Crippen LogP contribution in [0, 0.1) is 17.8 Å². The molecular formula is C35H35N5O5. The number of hydrogen-bond donors (Lipinski definition) is 2. The fourth-order valence-electron chi connectivity index (χ4n) is 7.78. The van der Waals surface area contributed by atoms with Gasteiger partial charge in [0.25, 0.3) is 5.91 Å². The Hall–Kier alpha value is -4.83. The fraction of sp³-hybridized carbons (Fsp3) is 0.343. The molecule has 0 saturated carbocycles. The lowest BCUT2D eigenvalue weighted by Gasteiger charge is -2.31. The summed E-state index contributed by atoms with van der Waals surface area (Å²) >= 11 is 0. The van der Waals surface area contributed by atoms with E-state index in [1.807, 2.05) is 56.3 Å². The molecule has 2 fully saturated rings. The van der Waals surface area contributed by atoms with Crippen LogP contribution in [0.15, 0.2) is 72.8 Å². The Morgan fingerprint density at radius 3 is 2.33 bits per heavy atom. The van der Waals surface area contributed by atoms with Gasteiger partial charge in [-0.05, 0) is 60.7 Å². The van der Waals surface area contributed by atoms with Crippen molar-refractivity contribution >= 4 is 52.3 Å². The first-order chi connectivity index (χ1) is 21.6. The standard InChI is InChI=1S/C35H35N5O5/c1-20(2)18-26-30-31(33(44)40(32(30)43)24-14-12-23(13-15-24)36-21(3)41)35(37-26)25-9-5-7-11-28(25)39(34(35)45)19-29(42)38-17-16-22-8-4-6-10-27(22)38/h4-15,20,26,30-31,37H,16-19H2,1-3H3,(H,36,41)/t26-,30+,31+,35-/m0/s1. The van der Waals surface area contributed by atoms with Gasteiger partial charge in [-0.3, -0.25) is 29.3 Å². The van der Waals surface area contributed by atoms with Crippen LogP contribution in [-0.4, -0.2) is 48.7 Å². The third kappa shape index (κ3) is 4.38. The second kappa shape index (κ2) is 10.7. The third-order valence-electron chi connectivity index (χ3n) is 9.52. The van der Waals surface area contributed by atoms with Crippen LogP contribution >= 0.6 is 0 Å². The normalized spacial score (nSPS) is 24.9. The van der Waals surface area contributed by atoms with Crippen molar-refractivity contribution in [2.75, 3.05) is 33.1 Å². The number of imide groups is 1. The molecule has 2 N–H and O–H groups in total. The predicted molar refractivity (Wildman–Crippen MR) is 170 cm³/mol. The molecule has 1 spiro atoms. The first-order valence-corrected chi connectivity index (χ1v) is 15.4. The number of carbonyl (C=O) groups is 5. The van der Waals surface area contributed by atoms with Gasteiger partial charge in [-0.2, -0.15) is 0 Å². The van der Waals surface area contributed by atoms with Gasteiger partial charge in [0, 0.05) is 42.1 Å². The smallest absolute Gasteiger partial charge is 0.253 e. The van der Waals surface area contributed by atoms with Gasteiger partial charge in [0.15, 0.2) is 0 Å². The molecule has 4 aliphatic heterocycles. The van der Waals surface area contributed by atoms with Crippen molar-refractivity contribution < 1.29 is 24.0 Å². The molecule has 45 heavy (non-hydrogen) atoms. The molecule has 0 aromatic heterocycles. The van der Waals surface area contributed by atoms with Crippen LogP contribution in [-0.2, 0) is 35.9 Å². The molecule has 10 nitrogen and oxygen atoms in total. The third-order valence-corrected chi connectivity index (χ3v) is 9.52. The van der Waals surface area contributed by atoms with E-state index >= 15 is 0 Å². The van der Waals surface area contributed by atoms with Crippen molar-refractivity contribution in [1.82, 2.24) is 5.32 Å². The summed E-state index contributed by atoms with van der Waals surface area (Å²) in [5.41, 5.74) is 2.54. The van der Waals surface area contributed by atoms with E-state index in [9.17, 15) is 24.0 Å². The highest BCUT2D eigenvalue weighted by molar-refractivity contribution is 6.26. The topological polar surface area (TPSA) is 119 Å². The van der Waals surface area contributed by atoms with Crippen LogP contribution in [0.2, 0.25) is 0 Å². The van der Waals surface area contributed by atoms with Crippen LogP contribution < -0.4 is 25.3 Å². The lowest BCUT2D eigenvalue weighted by Crippen LogP contribution is -2.56. The Morgan fingerprint density at radius 1 is 0.933 bits per heavy atom. The summed E-state index contributed by atoms with van der Waals surface area (Å²) in [5, 5.41) is 6.22. The molecule has 7 rings (SSSR count). The Balaban J connectivity index is 1.27. The molecule has 3 aromatic rings. The minimum atomic E-state index is -1.50. The minimum Gasteiger partial charge on any atom is -0.326 e. The average molecular weight is 606 g/mol. The number of hydrogen-bond acceptors (Lipinski definition) is 6. The molecule has 3 aromatic carbocycles. The van der Waals surface area contributed by atoms with E-state index in [1.165, 1.54) is 16.7 Å². The average Bonchev–Trinajstić information content (AvgIpc) is 3.72. The van der Waals surface area contributed by atoms with Crippen molar-refractivity contribution in [2.45, 2.75) is 45.2 Å². The van der Waals surface area contributed by atoms with Crippen LogP contribution in [0.5, 0.6) is 0 Å². The second-order valence-electron chi connectivity index (χ2n) is 12.8. The van der Waals surface area contributed by atoms with Crippen LogP contribution in [0.4, 0.5) is 22.7 Å². The number of para-hydroxylation sites is 2. The predicted octanol–water partition coefficient (Wildman–Crippen LogP) is 3.60. The summed E-state index contributed by atoms with van der Waals surface area (Å²) in [6, 6.07) is 21.1. The molecule has 0 unspecified atom stereocenters. The number of carbonyl (C=O) groups excluding carboxylic acids is 5. The van der Waals surface area contributed by atoms with Crippen LogP contribution in [0.1, 0.15) is 38.3 Å². The number of nitrogens with zero attached hydrogens (tertiary/aromatic N) is 3. The molecule has 5 amide bonds. The summed E-state index contributed by atoms with van der Waals surface area (Å²) in [5.74, 6) is -3.23. The van der Waals surface area contributed by atoms with Gasteiger partial charge in [0.1, 0.15) is 12.1 Å². The van der Waals surface area contributed by atoms with E-state index < -0.39 is 35.2 Å². The summed E-state index contributed by atoms with van der Waals surface area (Å²) in [4.78, 5) is 73.1. The highest BCUT2D eigenvalue weighted by Crippen LogP contribution is 2.56. The zero-order chi connectivity index (χ0) is 31.6. The zero-order valence-corrected chi connectivity index (χ0v) is 25.4. The lowest BCUT2D eigenvalue weighted by molar-refractivity contribution is -0.132. The first-order valence-electron chi connectivity index (χ1n) is 15.4. The van der Waals surface area contributed by atoms with Gasteiger partial charge in [-0.25, -0.2) is 4.90 Å². The van der Waals surface area contributed by atoms with Gasteiger partial charge in [-0.15, -0.1) is 0 Å². The van der Waals surface area contributed by atoms with Crippen molar-refractivity contribution in [3.63, 3.8) is 0 Å². The Bertz CT molecular complexity index is 1750. The molecule has 0 bridgehead atoms. The molecule has 10 heteroatoms. The molecule has 2 saturated heterocycles. The van der Waals surface area contributed by atoms with E-state index in [2.05, 4.69) is 10.6 Å². The summed E-state index contributed by atoms with van der Waals surface area (Å²) in [7, 11) is 0. The van der Waals surface area contributed by atoms with Gasteiger partial charge in [0.05, 0.1) is 17.5 Å². The van der Waals surface area contributed by atoms with E-state index in [4.69, 9.17) is 0 Å². The first kappa shape index (κ1) is 28.9. The number of benzene rings is 3. The quantitative estimate of drug-likeness (QED) is 0.415. The van der Waals surface area contributed by atoms with Crippen molar-refractivity contribution in [2.24, 2.45) is 17.8 Å². The maximum absolute atomic E-state index is 14.8. The maximum Gasteiger partial charge on any atom is 0.253 e. The summed E-state index contributed by atoms with van der Waals surface area (Å²) in [6.45, 7) is 5.85. The Kier molecular flexibility index (Phi) is 6.85. The van der Waals surface area contributed by atoms with Gasteiger partial charge in [-0.1, -0.05) is 50.2 Å². The minimum absolute atomic E-state index is 0.184. The zero-order valence-electron chi connectivity index (χ0n) is 25.4. The number of amides is 5. The van der Waals surface area contributed by atoms with Crippen LogP contribution in [0.25, 0.3) is 0 Å². The monoisotopic (exact) mass is 605 g/mol. The van der Waals surface area contributed by atoms with E-state index in [1.54, 1.807) is 35.2 Å². The number of anilines is 4. The van der Waals surface area contributed by atoms with Crippen molar-refractivity contribution in [3.05, 3.63) is 83.9 Å². The molecule has 4 heterocycles. The maximum atomic E-state index is 14.8. The highest BCUT2D eigenvalue weighted by Gasteiger charge is 2.71. The molecule has 230 valence electrons. The Morgan fingerprint density at radius 2 is 1.62 bits per heavy atom. The van der Waals surface area contributed by atoms with Crippen molar-refractivity contribution in [1.29, 1.82) is 0 Å². The summed E-state index contributed by atoms with van der Waals surface area (Å²) < 4.78 is 0.